The minimum Gasteiger partial charge on any atom is -0.469 e. The van der Waals surface area contributed by atoms with Crippen molar-refractivity contribution in [1.29, 1.82) is 0 Å². The highest BCUT2D eigenvalue weighted by molar-refractivity contribution is 7.90. The average Bonchev–Trinajstić information content (AvgIpc) is 3.20. The summed E-state index contributed by atoms with van der Waals surface area (Å²) in [6.45, 7) is 2.48. The van der Waals surface area contributed by atoms with Crippen LogP contribution in [0, 0.1) is 0 Å². The van der Waals surface area contributed by atoms with E-state index in [1.165, 1.54) is 30.8 Å². The highest BCUT2D eigenvalue weighted by atomic mass is 35.5. The van der Waals surface area contributed by atoms with Gasteiger partial charge in [0.25, 0.3) is 5.91 Å². The molecule has 4 heterocycles. The monoisotopic (exact) mass is 576 g/mol. The van der Waals surface area contributed by atoms with Gasteiger partial charge in [0, 0.05) is 34.4 Å². The lowest BCUT2D eigenvalue weighted by molar-refractivity contribution is -0.140. The van der Waals surface area contributed by atoms with Crippen LogP contribution in [0.3, 0.4) is 0 Å². The van der Waals surface area contributed by atoms with Gasteiger partial charge in [0.05, 0.1) is 48.0 Å². The number of rotatable bonds is 7. The Bertz CT molecular complexity index is 1690. The lowest BCUT2D eigenvalue weighted by Gasteiger charge is -2.11. The summed E-state index contributed by atoms with van der Waals surface area (Å²) in [5.41, 5.74) is 1.93. The van der Waals surface area contributed by atoms with Crippen molar-refractivity contribution in [1.82, 2.24) is 25.3 Å². The zero-order valence-corrected chi connectivity index (χ0v) is 22.5. The summed E-state index contributed by atoms with van der Waals surface area (Å²) in [6.07, 6.45) is 2.35. The van der Waals surface area contributed by atoms with E-state index in [0.717, 1.165) is 10.1 Å². The molecule has 0 radical (unpaired) electrons. The molecule has 3 aromatic heterocycles. The van der Waals surface area contributed by atoms with Gasteiger partial charge in [-0.05, 0) is 30.7 Å². The van der Waals surface area contributed by atoms with E-state index in [9.17, 15) is 18.0 Å². The van der Waals surface area contributed by atoms with Gasteiger partial charge in [-0.25, -0.2) is 23.4 Å². The second-order valence-corrected chi connectivity index (χ2v) is 12.1. The Morgan fingerprint density at radius 1 is 1.24 bits per heavy atom. The van der Waals surface area contributed by atoms with Gasteiger partial charge in [-0.3, -0.25) is 9.59 Å². The number of benzene rings is 1. The Kier molecular flexibility index (Phi) is 7.03. The smallest absolute Gasteiger partial charge is 0.306 e. The number of hydrogen-bond donors (Lipinski definition) is 2. The number of halogens is 1. The molecule has 38 heavy (non-hydrogen) atoms. The zero-order valence-electron chi connectivity index (χ0n) is 20.1. The standard InChI is InChI=1S/C23H21ClN6O6S2/c1-11-7-25-19-17-14(37-20(19)21(32)28-11)4-3-13-18(17)26-9-15(29-13)36-22-12(8-27-23(24)30-22)10-38(33,34)6-5-16(31)35-2/h3-4,8-9,11,25H,5-7,10H2,1-2H3,(H,28,32)/t11-/m1/s1. The molecule has 0 fully saturated rings. The van der Waals surface area contributed by atoms with Crippen LogP contribution in [0.25, 0.3) is 21.1 Å². The van der Waals surface area contributed by atoms with Crippen LogP contribution in [0.1, 0.15) is 28.6 Å². The minimum absolute atomic E-state index is 0.0311. The number of hydrogen-bond acceptors (Lipinski definition) is 12. The van der Waals surface area contributed by atoms with Crippen LogP contribution in [0.5, 0.6) is 11.8 Å². The van der Waals surface area contributed by atoms with Crippen LogP contribution in [-0.4, -0.2) is 65.7 Å². The van der Waals surface area contributed by atoms with Crippen LogP contribution in [0.15, 0.2) is 24.5 Å². The molecule has 12 nitrogen and oxygen atoms in total. The fourth-order valence-electron chi connectivity index (χ4n) is 3.93. The molecule has 198 valence electrons. The second kappa shape index (κ2) is 10.3. The third-order valence-corrected chi connectivity index (χ3v) is 8.64. The fourth-order valence-corrected chi connectivity index (χ4v) is 6.44. The summed E-state index contributed by atoms with van der Waals surface area (Å²) in [5.74, 6) is -1.71. The number of carbonyl (C=O) groups excluding carboxylic acids is 2. The topological polar surface area (TPSA) is 162 Å². The van der Waals surface area contributed by atoms with Gasteiger partial charge in [-0.1, -0.05) is 0 Å². The number of aromatic nitrogens is 4. The van der Waals surface area contributed by atoms with Crippen molar-refractivity contribution >= 4 is 71.5 Å². The highest BCUT2D eigenvalue weighted by Gasteiger charge is 2.25. The highest BCUT2D eigenvalue weighted by Crippen LogP contribution is 2.40. The zero-order chi connectivity index (χ0) is 27.0. The molecule has 15 heteroatoms. The molecule has 0 unspecified atom stereocenters. The Balaban J connectivity index is 1.47. The number of fused-ring (bicyclic) bond motifs is 5. The Labute approximate surface area is 225 Å². The number of amides is 1. The van der Waals surface area contributed by atoms with Crippen molar-refractivity contribution in [2.45, 2.75) is 25.1 Å². The molecule has 0 saturated carbocycles. The molecule has 1 atom stereocenters. The summed E-state index contributed by atoms with van der Waals surface area (Å²) in [5, 5.41) is 6.93. The molecule has 1 aliphatic rings. The van der Waals surface area contributed by atoms with Crippen molar-refractivity contribution in [3.05, 3.63) is 40.3 Å². The third kappa shape index (κ3) is 5.33. The summed E-state index contributed by atoms with van der Waals surface area (Å²) in [7, 11) is -2.53. The average molecular weight is 577 g/mol. The summed E-state index contributed by atoms with van der Waals surface area (Å²) in [6, 6.07) is 3.59. The molecule has 1 amide bonds. The Morgan fingerprint density at radius 3 is 2.84 bits per heavy atom. The van der Waals surface area contributed by atoms with Gasteiger partial charge in [-0.2, -0.15) is 4.98 Å². The number of ether oxygens (including phenoxy) is 2. The molecular weight excluding hydrogens is 556 g/mol. The number of carbonyl (C=O) groups is 2. The Hall–Kier alpha value is -3.62. The largest absolute Gasteiger partial charge is 0.469 e. The quantitative estimate of drug-likeness (QED) is 0.245. The lowest BCUT2D eigenvalue weighted by Crippen LogP contribution is -2.34. The molecule has 5 rings (SSSR count). The molecule has 1 aliphatic heterocycles. The number of esters is 1. The van der Waals surface area contributed by atoms with Crippen molar-refractivity contribution < 1.29 is 27.5 Å². The van der Waals surface area contributed by atoms with Crippen LogP contribution < -0.4 is 15.4 Å². The number of nitrogens with one attached hydrogen (secondary N) is 2. The molecule has 0 bridgehead atoms. The first-order valence-corrected chi connectivity index (χ1v) is 14.4. The number of methoxy groups -OCH3 is 1. The number of nitrogens with zero attached hydrogens (tertiary/aromatic N) is 4. The second-order valence-electron chi connectivity index (χ2n) is 8.57. The first-order valence-electron chi connectivity index (χ1n) is 11.4. The summed E-state index contributed by atoms with van der Waals surface area (Å²) < 4.78 is 36.3. The van der Waals surface area contributed by atoms with Gasteiger partial charge < -0.3 is 20.1 Å². The fraction of sp³-hybridized carbons (Fsp3) is 0.304. The molecule has 2 N–H and O–H groups in total. The number of anilines is 1. The predicted octanol–water partition coefficient (Wildman–Crippen LogP) is 3.10. The van der Waals surface area contributed by atoms with Crippen LogP contribution in [-0.2, 0) is 25.1 Å². The van der Waals surface area contributed by atoms with E-state index in [2.05, 4.69) is 35.3 Å². The van der Waals surface area contributed by atoms with Crippen LogP contribution in [0.2, 0.25) is 5.28 Å². The maximum atomic E-state index is 12.6. The third-order valence-electron chi connectivity index (χ3n) is 5.73. The van der Waals surface area contributed by atoms with E-state index in [1.54, 1.807) is 6.07 Å². The predicted molar refractivity (Wildman–Crippen MR) is 142 cm³/mol. The maximum Gasteiger partial charge on any atom is 0.306 e. The molecule has 0 saturated heterocycles. The van der Waals surface area contributed by atoms with Crippen LogP contribution in [0.4, 0.5) is 5.69 Å². The van der Waals surface area contributed by atoms with E-state index in [0.29, 0.717) is 28.1 Å². The van der Waals surface area contributed by atoms with E-state index in [4.69, 9.17) is 16.3 Å². The number of thiophene rings is 1. The maximum absolute atomic E-state index is 12.6. The van der Waals surface area contributed by atoms with E-state index >= 15 is 0 Å². The summed E-state index contributed by atoms with van der Waals surface area (Å²) in [4.78, 5) is 41.5. The van der Waals surface area contributed by atoms with Gasteiger partial charge in [0.1, 0.15) is 4.88 Å². The van der Waals surface area contributed by atoms with Gasteiger partial charge >= 0.3 is 5.97 Å². The van der Waals surface area contributed by atoms with Gasteiger partial charge in [-0.15, -0.1) is 11.3 Å². The van der Waals surface area contributed by atoms with Crippen LogP contribution >= 0.6 is 22.9 Å². The van der Waals surface area contributed by atoms with Crippen molar-refractivity contribution in [2.75, 3.05) is 24.7 Å². The normalized spacial score (nSPS) is 15.4. The Morgan fingerprint density at radius 2 is 2.05 bits per heavy atom. The summed E-state index contributed by atoms with van der Waals surface area (Å²) >= 11 is 7.31. The van der Waals surface area contributed by atoms with Crippen molar-refractivity contribution in [3.63, 3.8) is 0 Å². The molecule has 0 aliphatic carbocycles. The van der Waals surface area contributed by atoms with E-state index < -0.39 is 27.3 Å². The van der Waals surface area contributed by atoms with Crippen molar-refractivity contribution in [2.24, 2.45) is 0 Å². The first kappa shape index (κ1) is 26.0. The molecule has 0 spiro atoms. The lowest BCUT2D eigenvalue weighted by atomic mass is 10.1. The van der Waals surface area contributed by atoms with Gasteiger partial charge in [0.15, 0.2) is 9.84 Å². The number of sulfone groups is 1. The molecular formula is C23H21ClN6O6S2. The van der Waals surface area contributed by atoms with Gasteiger partial charge in [0.2, 0.25) is 17.0 Å². The van der Waals surface area contributed by atoms with E-state index in [-0.39, 0.29) is 41.0 Å². The minimum atomic E-state index is -3.72. The SMILES string of the molecule is COC(=O)CCS(=O)(=O)Cc1cnc(Cl)nc1Oc1cnc2c(ccc3sc4c(c32)NC[C@@H](C)NC4=O)n1. The van der Waals surface area contributed by atoms with E-state index in [1.807, 2.05) is 13.0 Å². The first-order chi connectivity index (χ1) is 18.1. The molecule has 4 aromatic rings. The van der Waals surface area contributed by atoms with Crippen molar-refractivity contribution in [3.8, 4) is 11.8 Å². The molecule has 1 aromatic carbocycles.